The molecular formula is C10H12O2. The number of allylic oxidation sites excluding steroid dienone is 3. The Hall–Kier alpha value is -1.05. The minimum absolute atomic E-state index is 0.459. The molecule has 0 spiro atoms. The number of carbonyl (C=O) groups is 1. The molecule has 1 N–H and O–H groups in total. The summed E-state index contributed by atoms with van der Waals surface area (Å²) in [5.74, 6) is 0.373. The maximum Gasteiger partial charge on any atom is 0.328 e. The summed E-state index contributed by atoms with van der Waals surface area (Å²) < 4.78 is 0. The van der Waals surface area contributed by atoms with Crippen molar-refractivity contribution in [2.75, 3.05) is 0 Å². The Morgan fingerprint density at radius 2 is 2.42 bits per heavy atom. The van der Waals surface area contributed by atoms with E-state index in [2.05, 4.69) is 13.0 Å². The molecular weight excluding hydrogens is 152 g/mol. The van der Waals surface area contributed by atoms with E-state index >= 15 is 0 Å². The predicted molar refractivity (Wildman–Crippen MR) is 45.7 cm³/mol. The minimum atomic E-state index is -0.804. The molecule has 2 aliphatic rings. The molecule has 0 aromatic heterocycles. The van der Waals surface area contributed by atoms with Crippen LogP contribution < -0.4 is 0 Å². The van der Waals surface area contributed by atoms with Crippen LogP contribution in [0.5, 0.6) is 0 Å². The van der Waals surface area contributed by atoms with E-state index in [-0.39, 0.29) is 0 Å². The molecule has 0 heterocycles. The van der Waals surface area contributed by atoms with Crippen molar-refractivity contribution in [2.45, 2.75) is 19.8 Å². The molecule has 2 aliphatic carbocycles. The second-order valence-electron chi connectivity index (χ2n) is 3.76. The molecule has 1 saturated carbocycles. The van der Waals surface area contributed by atoms with Gasteiger partial charge in [-0.15, -0.1) is 0 Å². The lowest BCUT2D eigenvalue weighted by Crippen LogP contribution is -2.24. The van der Waals surface area contributed by atoms with Gasteiger partial charge in [0.25, 0.3) is 0 Å². The van der Waals surface area contributed by atoms with E-state index in [1.54, 1.807) is 0 Å². The SMILES string of the molecule is CC1=C[C@@H]2/C(=C\C(=O)O)C[C@@H]2C1. The average molecular weight is 164 g/mol. The van der Waals surface area contributed by atoms with Crippen molar-refractivity contribution in [3.63, 3.8) is 0 Å². The first-order chi connectivity index (χ1) is 5.66. The summed E-state index contributed by atoms with van der Waals surface area (Å²) in [6, 6.07) is 0. The zero-order chi connectivity index (χ0) is 8.72. The van der Waals surface area contributed by atoms with Crippen LogP contribution in [0.4, 0.5) is 0 Å². The van der Waals surface area contributed by atoms with Gasteiger partial charge >= 0.3 is 5.97 Å². The Kier molecular flexibility index (Phi) is 1.56. The molecule has 0 aromatic rings. The molecule has 1 fully saturated rings. The van der Waals surface area contributed by atoms with Gasteiger partial charge in [0.15, 0.2) is 0 Å². The maximum atomic E-state index is 10.4. The van der Waals surface area contributed by atoms with Gasteiger partial charge in [-0.3, -0.25) is 0 Å². The lowest BCUT2D eigenvalue weighted by Gasteiger charge is -2.33. The summed E-state index contributed by atoms with van der Waals surface area (Å²) in [6.07, 6.45) is 5.74. The normalized spacial score (nSPS) is 35.8. The summed E-state index contributed by atoms with van der Waals surface area (Å²) in [5.41, 5.74) is 2.52. The van der Waals surface area contributed by atoms with Gasteiger partial charge in [-0.2, -0.15) is 0 Å². The number of hydrogen-bond donors (Lipinski definition) is 1. The zero-order valence-corrected chi connectivity index (χ0v) is 7.08. The third-order valence-corrected chi connectivity index (χ3v) is 2.79. The van der Waals surface area contributed by atoms with Gasteiger partial charge in [-0.05, 0) is 25.7 Å². The Balaban J connectivity index is 2.12. The van der Waals surface area contributed by atoms with Gasteiger partial charge in [0.05, 0.1) is 0 Å². The van der Waals surface area contributed by atoms with Crippen LogP contribution in [-0.2, 0) is 4.79 Å². The number of hydrogen-bond acceptors (Lipinski definition) is 1. The summed E-state index contributed by atoms with van der Waals surface area (Å²) in [5, 5.41) is 8.54. The molecule has 0 unspecified atom stereocenters. The number of carboxylic acid groups (broad SMARTS) is 1. The van der Waals surface area contributed by atoms with Gasteiger partial charge in [0.1, 0.15) is 0 Å². The first-order valence-corrected chi connectivity index (χ1v) is 4.27. The fourth-order valence-electron chi connectivity index (χ4n) is 2.25. The highest BCUT2D eigenvalue weighted by molar-refractivity contribution is 5.81. The van der Waals surface area contributed by atoms with Crippen LogP contribution in [0, 0.1) is 11.8 Å². The van der Waals surface area contributed by atoms with E-state index in [1.165, 1.54) is 18.1 Å². The topological polar surface area (TPSA) is 37.3 Å². The van der Waals surface area contributed by atoms with E-state index in [9.17, 15) is 4.79 Å². The summed E-state index contributed by atoms with van der Waals surface area (Å²) in [6.45, 7) is 2.12. The van der Waals surface area contributed by atoms with E-state index in [0.29, 0.717) is 5.92 Å². The van der Waals surface area contributed by atoms with Gasteiger partial charge in [0.2, 0.25) is 0 Å². The molecule has 0 saturated heterocycles. The number of carboxylic acids is 1. The summed E-state index contributed by atoms with van der Waals surface area (Å²) in [7, 11) is 0. The fraction of sp³-hybridized carbons (Fsp3) is 0.500. The summed E-state index contributed by atoms with van der Waals surface area (Å²) in [4.78, 5) is 10.4. The molecule has 12 heavy (non-hydrogen) atoms. The highest BCUT2D eigenvalue weighted by Gasteiger charge is 2.38. The molecule has 0 amide bonds. The molecule has 0 radical (unpaired) electrons. The predicted octanol–water partition coefficient (Wildman–Crippen LogP) is 1.98. The van der Waals surface area contributed by atoms with Crippen molar-refractivity contribution in [1.29, 1.82) is 0 Å². The third-order valence-electron chi connectivity index (χ3n) is 2.79. The smallest absolute Gasteiger partial charge is 0.328 e. The minimum Gasteiger partial charge on any atom is -0.478 e. The third kappa shape index (κ3) is 1.07. The quantitative estimate of drug-likeness (QED) is 0.475. The highest BCUT2D eigenvalue weighted by atomic mass is 16.4. The maximum absolute atomic E-state index is 10.4. The van der Waals surface area contributed by atoms with Crippen molar-refractivity contribution in [1.82, 2.24) is 0 Å². The van der Waals surface area contributed by atoms with Crippen LogP contribution >= 0.6 is 0 Å². The molecule has 64 valence electrons. The molecule has 0 aliphatic heterocycles. The molecule has 2 nitrogen and oxygen atoms in total. The number of rotatable bonds is 1. The largest absolute Gasteiger partial charge is 0.478 e. The monoisotopic (exact) mass is 164 g/mol. The van der Waals surface area contributed by atoms with Gasteiger partial charge in [0, 0.05) is 12.0 Å². The molecule has 2 heteroatoms. The van der Waals surface area contributed by atoms with Gasteiger partial charge < -0.3 is 5.11 Å². The molecule has 0 aromatic carbocycles. The van der Waals surface area contributed by atoms with E-state index < -0.39 is 5.97 Å². The molecule has 2 rings (SSSR count). The van der Waals surface area contributed by atoms with Crippen LogP contribution in [0.1, 0.15) is 19.8 Å². The van der Waals surface area contributed by atoms with Crippen LogP contribution in [0.2, 0.25) is 0 Å². The first-order valence-electron chi connectivity index (χ1n) is 4.27. The van der Waals surface area contributed by atoms with Crippen molar-refractivity contribution in [3.8, 4) is 0 Å². The fourth-order valence-corrected chi connectivity index (χ4v) is 2.25. The van der Waals surface area contributed by atoms with Crippen molar-refractivity contribution < 1.29 is 9.90 Å². The van der Waals surface area contributed by atoms with E-state index in [4.69, 9.17) is 5.11 Å². The second kappa shape index (κ2) is 2.47. The second-order valence-corrected chi connectivity index (χ2v) is 3.76. The van der Waals surface area contributed by atoms with Crippen molar-refractivity contribution >= 4 is 5.97 Å². The van der Waals surface area contributed by atoms with Gasteiger partial charge in [-0.1, -0.05) is 17.2 Å². The Labute approximate surface area is 71.6 Å². The highest BCUT2D eigenvalue weighted by Crippen LogP contribution is 2.49. The Morgan fingerprint density at radius 1 is 1.67 bits per heavy atom. The van der Waals surface area contributed by atoms with Crippen molar-refractivity contribution in [2.24, 2.45) is 11.8 Å². The average Bonchev–Trinajstić information content (AvgIpc) is 2.24. The van der Waals surface area contributed by atoms with E-state index in [0.717, 1.165) is 17.9 Å². The molecule has 0 bridgehead atoms. The van der Waals surface area contributed by atoms with Crippen LogP contribution in [0.25, 0.3) is 0 Å². The lowest BCUT2D eigenvalue weighted by atomic mass is 9.71. The lowest BCUT2D eigenvalue weighted by molar-refractivity contribution is -0.131. The molecule has 2 atom stereocenters. The number of fused-ring (bicyclic) bond motifs is 1. The van der Waals surface area contributed by atoms with E-state index in [1.807, 2.05) is 0 Å². The van der Waals surface area contributed by atoms with Gasteiger partial charge in [-0.25, -0.2) is 4.79 Å². The Morgan fingerprint density at radius 3 is 3.00 bits per heavy atom. The summed E-state index contributed by atoms with van der Waals surface area (Å²) >= 11 is 0. The van der Waals surface area contributed by atoms with Crippen LogP contribution in [0.15, 0.2) is 23.3 Å². The van der Waals surface area contributed by atoms with Crippen LogP contribution in [0.3, 0.4) is 0 Å². The van der Waals surface area contributed by atoms with Crippen LogP contribution in [-0.4, -0.2) is 11.1 Å². The Bertz CT molecular complexity index is 286. The zero-order valence-electron chi connectivity index (χ0n) is 7.08. The number of aliphatic carboxylic acids is 1. The van der Waals surface area contributed by atoms with Crippen molar-refractivity contribution in [3.05, 3.63) is 23.3 Å². The standard InChI is InChI=1S/C10H12O2/c1-6-2-7-4-8(5-10(11)12)9(7)3-6/h3,5,7,9H,2,4H2,1H3,(H,11,12)/b8-5-/t7-,9-/m0/s1. The first kappa shape index (κ1) is 7.59.